The number of ether oxygens (including phenoxy) is 1. The molecule has 1 aromatic heterocycles. The van der Waals surface area contributed by atoms with Crippen LogP contribution in [0.2, 0.25) is 5.02 Å². The average molecular weight is 412 g/mol. The molecule has 29 heavy (non-hydrogen) atoms. The number of nitrogens with zero attached hydrogens (tertiary/aromatic N) is 4. The highest BCUT2D eigenvalue weighted by molar-refractivity contribution is 6.31. The second-order valence-corrected chi connectivity index (χ2v) is 6.83. The summed E-state index contributed by atoms with van der Waals surface area (Å²) in [4.78, 5) is 0. The van der Waals surface area contributed by atoms with Gasteiger partial charge in [-0.3, -0.25) is 0 Å². The molecule has 4 aromatic rings. The molecule has 0 saturated carbocycles. The maximum absolute atomic E-state index is 14.1. The summed E-state index contributed by atoms with van der Waals surface area (Å²) in [5.74, 6) is 0.828. The Kier molecular flexibility index (Phi) is 5.57. The second-order valence-electron chi connectivity index (χ2n) is 6.42. The van der Waals surface area contributed by atoms with E-state index in [2.05, 4.69) is 20.8 Å². The normalized spacial score (nSPS) is 11.0. The van der Waals surface area contributed by atoms with Crippen LogP contribution in [0, 0.1) is 5.82 Å². The van der Waals surface area contributed by atoms with E-state index in [1.54, 1.807) is 16.8 Å². The number of halogens is 2. The van der Waals surface area contributed by atoms with Gasteiger partial charge in [-0.2, -0.15) is 0 Å². The molecule has 0 saturated heterocycles. The van der Waals surface area contributed by atoms with Crippen molar-refractivity contribution in [2.24, 2.45) is 0 Å². The molecule has 0 amide bonds. The predicted molar refractivity (Wildman–Crippen MR) is 111 cm³/mol. The van der Waals surface area contributed by atoms with Crippen LogP contribution in [0.1, 0.15) is 18.1 Å². The lowest BCUT2D eigenvalue weighted by molar-refractivity contribution is 0.297. The molecule has 1 heterocycles. The maximum atomic E-state index is 14.1. The van der Waals surface area contributed by atoms with E-state index < -0.39 is 0 Å². The summed E-state index contributed by atoms with van der Waals surface area (Å²) >= 11 is 6.14. The molecule has 0 radical (unpaired) electrons. The number of nitrogens with one attached hydrogen (secondary N) is 1. The molecule has 0 atom stereocenters. The first-order valence-electron chi connectivity index (χ1n) is 9.23. The van der Waals surface area contributed by atoms with E-state index in [-0.39, 0.29) is 12.4 Å². The van der Waals surface area contributed by atoms with E-state index in [9.17, 15) is 4.39 Å². The molecule has 0 unspecified atom stereocenters. The zero-order chi connectivity index (χ0) is 20.2. The van der Waals surface area contributed by atoms with Gasteiger partial charge in [-0.15, -0.1) is 0 Å². The summed E-state index contributed by atoms with van der Waals surface area (Å²) in [5.41, 5.74) is 1.26. The second kappa shape index (κ2) is 8.45. The van der Waals surface area contributed by atoms with Gasteiger partial charge in [-0.25, -0.2) is 9.07 Å². The third kappa shape index (κ3) is 4.00. The molecule has 1 N–H and O–H groups in total. The number of rotatable bonds is 7. The Labute approximate surface area is 172 Å². The minimum absolute atomic E-state index is 0.0313. The van der Waals surface area contributed by atoms with Gasteiger partial charge in [0.25, 0.3) is 0 Å². The van der Waals surface area contributed by atoms with Gasteiger partial charge in [0.1, 0.15) is 18.2 Å². The van der Waals surface area contributed by atoms with E-state index in [0.29, 0.717) is 35.4 Å². The molecular formula is C21H19ClFN5O. The van der Waals surface area contributed by atoms with Gasteiger partial charge in [-0.1, -0.05) is 53.1 Å². The van der Waals surface area contributed by atoms with E-state index in [1.807, 2.05) is 43.3 Å². The topological polar surface area (TPSA) is 64.9 Å². The van der Waals surface area contributed by atoms with Crippen molar-refractivity contribution in [3.05, 3.63) is 76.6 Å². The van der Waals surface area contributed by atoms with E-state index in [1.165, 1.54) is 6.07 Å². The third-order valence-electron chi connectivity index (χ3n) is 4.69. The van der Waals surface area contributed by atoms with Gasteiger partial charge in [0, 0.05) is 24.2 Å². The van der Waals surface area contributed by atoms with Gasteiger partial charge < -0.3 is 10.1 Å². The van der Waals surface area contributed by atoms with Gasteiger partial charge >= 0.3 is 0 Å². The first-order chi connectivity index (χ1) is 14.2. The van der Waals surface area contributed by atoms with Crippen molar-refractivity contribution in [1.29, 1.82) is 0 Å². The Balaban J connectivity index is 1.65. The van der Waals surface area contributed by atoms with Gasteiger partial charge in [0.2, 0.25) is 5.95 Å². The van der Waals surface area contributed by atoms with Crippen molar-refractivity contribution in [2.75, 3.05) is 5.32 Å². The van der Waals surface area contributed by atoms with Gasteiger partial charge in [0.05, 0.1) is 5.02 Å². The highest BCUT2D eigenvalue weighted by Gasteiger charge is 2.13. The van der Waals surface area contributed by atoms with Crippen molar-refractivity contribution in [3.8, 4) is 5.75 Å². The van der Waals surface area contributed by atoms with Crippen LogP contribution >= 0.6 is 11.6 Å². The fraction of sp³-hybridized carbons (Fsp3) is 0.190. The molecule has 8 heteroatoms. The maximum Gasteiger partial charge on any atom is 0.243 e. The van der Waals surface area contributed by atoms with Gasteiger partial charge in [0.15, 0.2) is 0 Å². The molecule has 0 aliphatic rings. The summed E-state index contributed by atoms with van der Waals surface area (Å²) in [7, 11) is 0. The largest absolute Gasteiger partial charge is 0.488 e. The summed E-state index contributed by atoms with van der Waals surface area (Å²) in [6.45, 7) is 3.10. The number of aromatic nitrogens is 4. The highest BCUT2D eigenvalue weighted by Crippen LogP contribution is 2.30. The Hall–Kier alpha value is -3.19. The number of tetrazole rings is 1. The Morgan fingerprint density at radius 1 is 1.07 bits per heavy atom. The van der Waals surface area contributed by atoms with Crippen LogP contribution in [0.4, 0.5) is 10.3 Å². The zero-order valence-corrected chi connectivity index (χ0v) is 16.5. The van der Waals surface area contributed by atoms with Crippen molar-refractivity contribution < 1.29 is 9.13 Å². The Morgan fingerprint density at radius 2 is 1.93 bits per heavy atom. The summed E-state index contributed by atoms with van der Waals surface area (Å²) in [6.07, 6.45) is 0. The fourth-order valence-electron chi connectivity index (χ4n) is 3.17. The first kappa shape index (κ1) is 19.1. The minimum Gasteiger partial charge on any atom is -0.488 e. The van der Waals surface area contributed by atoms with Crippen LogP contribution in [0.3, 0.4) is 0 Å². The van der Waals surface area contributed by atoms with Crippen LogP contribution in [0.15, 0.2) is 54.6 Å². The number of anilines is 1. The lowest BCUT2D eigenvalue weighted by Gasteiger charge is -2.16. The molecule has 0 spiro atoms. The highest BCUT2D eigenvalue weighted by atomic mass is 35.5. The lowest BCUT2D eigenvalue weighted by atomic mass is 10.0. The van der Waals surface area contributed by atoms with Crippen LogP contribution in [0.5, 0.6) is 5.75 Å². The standard InChI is InChI=1S/C21H19ClFN5O/c1-2-28-21(25-26-27-28)24-12-16-15-7-4-3-6-14(15)10-11-20(16)29-13-17-18(22)8-5-9-19(17)23/h3-11H,2,12-13H2,1H3,(H,24,25,27). The monoisotopic (exact) mass is 411 g/mol. The Morgan fingerprint density at radius 3 is 2.76 bits per heavy atom. The van der Waals surface area contributed by atoms with Crippen LogP contribution in [0.25, 0.3) is 10.8 Å². The van der Waals surface area contributed by atoms with Crippen LogP contribution in [-0.4, -0.2) is 20.2 Å². The third-order valence-corrected chi connectivity index (χ3v) is 5.04. The van der Waals surface area contributed by atoms with E-state index in [4.69, 9.17) is 16.3 Å². The summed E-state index contributed by atoms with van der Waals surface area (Å²) in [5, 5.41) is 17.4. The van der Waals surface area contributed by atoms with Crippen LogP contribution < -0.4 is 10.1 Å². The fourth-order valence-corrected chi connectivity index (χ4v) is 3.38. The first-order valence-corrected chi connectivity index (χ1v) is 9.61. The van der Waals surface area contributed by atoms with E-state index >= 15 is 0 Å². The molecule has 6 nitrogen and oxygen atoms in total. The average Bonchev–Trinajstić information content (AvgIpc) is 3.19. The molecular weight excluding hydrogens is 393 g/mol. The Bertz CT molecular complexity index is 1130. The number of hydrogen-bond donors (Lipinski definition) is 1. The predicted octanol–water partition coefficient (Wildman–Crippen LogP) is 4.83. The lowest BCUT2D eigenvalue weighted by Crippen LogP contribution is -2.10. The molecule has 3 aromatic carbocycles. The van der Waals surface area contributed by atoms with Crippen molar-refractivity contribution in [1.82, 2.24) is 20.2 Å². The molecule has 0 bridgehead atoms. The number of fused-ring (bicyclic) bond motifs is 1. The number of hydrogen-bond acceptors (Lipinski definition) is 5. The van der Waals surface area contributed by atoms with Crippen molar-refractivity contribution in [2.45, 2.75) is 26.6 Å². The SMILES string of the molecule is CCn1nnnc1NCc1c(OCc2c(F)cccc2Cl)ccc2ccccc12. The van der Waals surface area contributed by atoms with E-state index in [0.717, 1.165) is 16.3 Å². The number of aryl methyl sites for hydroxylation is 1. The van der Waals surface area contributed by atoms with Crippen LogP contribution in [-0.2, 0) is 19.7 Å². The smallest absolute Gasteiger partial charge is 0.243 e. The quantitative estimate of drug-likeness (QED) is 0.472. The minimum atomic E-state index is -0.389. The molecule has 4 rings (SSSR count). The zero-order valence-electron chi connectivity index (χ0n) is 15.8. The summed E-state index contributed by atoms with van der Waals surface area (Å²) < 4.78 is 21.8. The summed E-state index contributed by atoms with van der Waals surface area (Å²) in [6, 6.07) is 16.5. The van der Waals surface area contributed by atoms with Crippen molar-refractivity contribution >= 4 is 28.3 Å². The molecule has 0 aliphatic carbocycles. The van der Waals surface area contributed by atoms with Gasteiger partial charge in [-0.05, 0) is 46.3 Å². The van der Waals surface area contributed by atoms with Crippen molar-refractivity contribution in [3.63, 3.8) is 0 Å². The number of benzene rings is 3. The molecule has 148 valence electrons. The molecule has 0 aliphatic heterocycles. The molecule has 0 fully saturated rings.